The predicted molar refractivity (Wildman–Crippen MR) is 297 cm³/mol. The van der Waals surface area contributed by atoms with Crippen molar-refractivity contribution in [3.63, 3.8) is 0 Å². The number of aliphatic hydroxyl groups is 1. The summed E-state index contributed by atoms with van der Waals surface area (Å²) in [6, 6.07) is 17.8. The van der Waals surface area contributed by atoms with E-state index in [-0.39, 0.29) is 60.2 Å². The zero-order chi connectivity index (χ0) is 57.0. The summed E-state index contributed by atoms with van der Waals surface area (Å²) in [5.74, 6) is -1.82. The lowest BCUT2D eigenvalue weighted by Gasteiger charge is -2.49. The second-order valence-electron chi connectivity index (χ2n) is 22.9. The second kappa shape index (κ2) is 32.4. The van der Waals surface area contributed by atoms with E-state index in [0.717, 1.165) is 70.6 Å². The maximum atomic E-state index is 13.7. The van der Waals surface area contributed by atoms with Crippen LogP contribution in [0.25, 0.3) is 0 Å². The third kappa shape index (κ3) is 18.4. The van der Waals surface area contributed by atoms with Gasteiger partial charge in [0.1, 0.15) is 11.9 Å². The number of carbonyl (C=O) groups excluding carboxylic acids is 5. The molecule has 442 valence electrons. The largest absolute Gasteiger partial charge is 0.454 e. The van der Waals surface area contributed by atoms with E-state index in [2.05, 4.69) is 27.7 Å². The molecule has 6 rings (SSSR count). The van der Waals surface area contributed by atoms with E-state index in [4.69, 9.17) is 42.6 Å². The average Bonchev–Trinajstić information content (AvgIpc) is 3.88. The molecule has 79 heavy (non-hydrogen) atoms. The van der Waals surface area contributed by atoms with Gasteiger partial charge in [-0.2, -0.15) is 0 Å². The van der Waals surface area contributed by atoms with Crippen LogP contribution in [0.15, 0.2) is 60.7 Å². The SMILES string of the molecule is CCC1OC(OCC2OC(OCCCCCCCCC(=O)CCCCCCC(=O)N3C[C@H](O)C[C@H]3CC)C(OC(C)=O)C(OC3OC(CC)C(C)C(C)C3OC(=O)c3ccccc3)C2C)C(OC(=O)c2ccccc2)C(C)C1C. The van der Waals surface area contributed by atoms with Gasteiger partial charge in [-0.05, 0) is 87.5 Å². The summed E-state index contributed by atoms with van der Waals surface area (Å²) in [4.78, 5) is 67.5. The standard InChI is InChI=1S/C63H95NO15/c1-10-48-37-50(67)38-64(48)54(68)35-27-17-16-26-34-49(66)33-25-15-13-14-18-28-36-71-62-58(73-45(9)65)55(79-63-57(43(7)41(5)52(12-3)75-63)78-60(70)47-31-23-20-24-32-47)44(8)53(76-62)39-72-61-56(42(6)40(4)51(11-2)74-61)77-59(69)46-29-21-19-22-30-46/h19-24,29-32,40-44,48,50-53,55-58,61-63,67H,10-18,25-28,33-39H2,1-9H3/t40?,41?,42?,43?,44?,48-,50-,51?,52?,53?,55?,56?,57?,58?,61?,62?,63?/m1/s1. The number of aliphatic hydroxyl groups excluding tert-OH is 1. The molecule has 2 aromatic rings. The Morgan fingerprint density at radius 2 is 1.01 bits per heavy atom. The van der Waals surface area contributed by atoms with Gasteiger partial charge in [-0.25, -0.2) is 9.59 Å². The maximum absolute atomic E-state index is 13.7. The van der Waals surface area contributed by atoms with Crippen molar-refractivity contribution in [1.82, 2.24) is 4.90 Å². The monoisotopic (exact) mass is 1110 g/mol. The molecule has 4 heterocycles. The van der Waals surface area contributed by atoms with Gasteiger partial charge < -0.3 is 52.6 Å². The van der Waals surface area contributed by atoms with E-state index in [1.54, 1.807) is 48.5 Å². The molecule has 4 aliphatic rings. The van der Waals surface area contributed by atoms with Crippen LogP contribution in [-0.2, 0) is 57.0 Å². The molecule has 1 amide bonds. The van der Waals surface area contributed by atoms with Crippen molar-refractivity contribution < 1.29 is 71.7 Å². The molecule has 17 atom stereocenters. The Morgan fingerprint density at radius 3 is 1.54 bits per heavy atom. The number of amides is 1. The maximum Gasteiger partial charge on any atom is 0.338 e. The molecule has 16 nitrogen and oxygen atoms in total. The number of nitrogens with zero attached hydrogens (tertiary/aromatic N) is 1. The number of ketones is 1. The number of ether oxygens (including phenoxy) is 9. The number of benzene rings is 2. The first-order valence-corrected chi connectivity index (χ1v) is 30.1. The van der Waals surface area contributed by atoms with Crippen molar-refractivity contribution >= 4 is 29.6 Å². The Bertz CT molecular complexity index is 2160. The van der Waals surface area contributed by atoms with Crippen LogP contribution in [0.3, 0.4) is 0 Å². The summed E-state index contributed by atoms with van der Waals surface area (Å²) in [6.45, 7) is 18.4. The normalized spacial score (nSPS) is 31.8. The van der Waals surface area contributed by atoms with E-state index in [0.29, 0.717) is 62.8 Å². The molecule has 0 radical (unpaired) electrons. The summed E-state index contributed by atoms with van der Waals surface area (Å²) < 4.78 is 58.8. The minimum Gasteiger partial charge on any atom is -0.454 e. The van der Waals surface area contributed by atoms with E-state index in [9.17, 15) is 29.1 Å². The van der Waals surface area contributed by atoms with Crippen LogP contribution in [0.5, 0.6) is 0 Å². The number of carbonyl (C=O) groups is 5. The molecular formula is C63H95NO15. The van der Waals surface area contributed by atoms with Crippen molar-refractivity contribution in [2.75, 3.05) is 19.8 Å². The Balaban J connectivity index is 1.07. The number of β-amino-alcohol motifs (C(OH)–C–C–N with tert-alkyl or cyclic N) is 1. The predicted octanol–water partition coefficient (Wildman–Crippen LogP) is 11.0. The zero-order valence-electron chi connectivity index (χ0n) is 48.8. The first-order valence-electron chi connectivity index (χ1n) is 30.1. The van der Waals surface area contributed by atoms with Crippen molar-refractivity contribution in [3.8, 4) is 0 Å². The van der Waals surface area contributed by atoms with Gasteiger partial charge in [0.2, 0.25) is 5.91 Å². The second-order valence-corrected chi connectivity index (χ2v) is 22.9. The number of likely N-dealkylation sites (tertiary alicyclic amines) is 1. The van der Waals surface area contributed by atoms with Crippen LogP contribution in [0.4, 0.5) is 0 Å². The third-order valence-corrected chi connectivity index (χ3v) is 17.3. The Kier molecular flexibility index (Phi) is 26.2. The van der Waals surface area contributed by atoms with Gasteiger partial charge in [-0.15, -0.1) is 0 Å². The fourth-order valence-corrected chi connectivity index (χ4v) is 11.9. The van der Waals surface area contributed by atoms with Crippen LogP contribution in [0, 0.1) is 29.6 Å². The lowest BCUT2D eigenvalue weighted by Crippen LogP contribution is -2.61. The number of esters is 3. The molecule has 4 saturated heterocycles. The fourth-order valence-electron chi connectivity index (χ4n) is 11.9. The van der Waals surface area contributed by atoms with Crippen LogP contribution >= 0.6 is 0 Å². The van der Waals surface area contributed by atoms with E-state index < -0.39 is 79.3 Å². The average molecular weight is 1110 g/mol. The molecule has 0 aliphatic carbocycles. The molecule has 1 N–H and O–H groups in total. The van der Waals surface area contributed by atoms with Crippen molar-refractivity contribution in [3.05, 3.63) is 71.8 Å². The topological polar surface area (TPSA) is 192 Å². The number of hydrogen-bond donors (Lipinski definition) is 1. The van der Waals surface area contributed by atoms with Crippen molar-refractivity contribution in [2.24, 2.45) is 29.6 Å². The number of Topliss-reactive ketones (excluding diaryl/α,β-unsaturated/α-hetero) is 1. The summed E-state index contributed by atoms with van der Waals surface area (Å²) >= 11 is 0. The highest BCUT2D eigenvalue weighted by Crippen LogP contribution is 2.41. The molecule has 0 aromatic heterocycles. The minimum absolute atomic E-state index is 0.0194. The van der Waals surface area contributed by atoms with E-state index >= 15 is 0 Å². The number of hydrogen-bond acceptors (Lipinski definition) is 15. The molecule has 15 unspecified atom stereocenters. The van der Waals surface area contributed by atoms with Gasteiger partial charge in [-0.1, -0.05) is 130 Å². The smallest absolute Gasteiger partial charge is 0.338 e. The fraction of sp³-hybridized carbons (Fsp3) is 0.730. The van der Waals surface area contributed by atoms with Crippen LogP contribution < -0.4 is 0 Å². The van der Waals surface area contributed by atoms with Gasteiger partial charge in [0, 0.05) is 63.1 Å². The molecule has 16 heteroatoms. The van der Waals surface area contributed by atoms with Gasteiger partial charge in [0.15, 0.2) is 37.2 Å². The summed E-state index contributed by atoms with van der Waals surface area (Å²) in [6.07, 6.45) is 5.35. The van der Waals surface area contributed by atoms with Crippen LogP contribution in [0.2, 0.25) is 0 Å². The van der Waals surface area contributed by atoms with Crippen molar-refractivity contribution in [2.45, 2.75) is 245 Å². The van der Waals surface area contributed by atoms with Gasteiger partial charge in [0.05, 0.1) is 42.1 Å². The van der Waals surface area contributed by atoms with Crippen LogP contribution in [0.1, 0.15) is 192 Å². The van der Waals surface area contributed by atoms with E-state index in [1.807, 2.05) is 44.7 Å². The minimum atomic E-state index is -1.08. The molecule has 4 fully saturated rings. The van der Waals surface area contributed by atoms with Crippen molar-refractivity contribution in [1.29, 1.82) is 0 Å². The highest BCUT2D eigenvalue weighted by molar-refractivity contribution is 5.90. The zero-order valence-corrected chi connectivity index (χ0v) is 48.8. The lowest BCUT2D eigenvalue weighted by atomic mass is 9.82. The molecule has 0 bridgehead atoms. The van der Waals surface area contributed by atoms with Gasteiger partial charge in [-0.3, -0.25) is 14.4 Å². The first kappa shape index (κ1) is 63.9. The summed E-state index contributed by atoms with van der Waals surface area (Å²) in [5.41, 5.74) is 0.820. The van der Waals surface area contributed by atoms with Crippen LogP contribution in [-0.4, -0.2) is 133 Å². The van der Waals surface area contributed by atoms with Gasteiger partial charge in [0.25, 0.3) is 0 Å². The summed E-state index contributed by atoms with van der Waals surface area (Å²) in [7, 11) is 0. The first-order chi connectivity index (χ1) is 38.0. The lowest BCUT2D eigenvalue weighted by molar-refractivity contribution is -0.349. The molecular weight excluding hydrogens is 1010 g/mol. The number of unbranched alkanes of at least 4 members (excludes halogenated alkanes) is 8. The van der Waals surface area contributed by atoms with Gasteiger partial charge >= 0.3 is 17.9 Å². The third-order valence-electron chi connectivity index (χ3n) is 17.3. The quantitative estimate of drug-likeness (QED) is 0.0441. The molecule has 2 aromatic carbocycles. The highest BCUT2D eigenvalue weighted by Gasteiger charge is 2.53. The molecule has 0 saturated carbocycles. The molecule has 4 aliphatic heterocycles. The summed E-state index contributed by atoms with van der Waals surface area (Å²) in [5, 5.41) is 9.99. The Morgan fingerprint density at radius 1 is 0.532 bits per heavy atom. The number of rotatable bonds is 30. The van der Waals surface area contributed by atoms with E-state index in [1.165, 1.54) is 6.92 Å². The highest BCUT2D eigenvalue weighted by atomic mass is 16.8. The molecule has 0 spiro atoms. The Labute approximate surface area is 470 Å². The Hall–Kier alpha value is -4.29.